The topological polar surface area (TPSA) is 37.3 Å². The minimum atomic E-state index is -0.879. The third-order valence-electron chi connectivity index (χ3n) is 4.03. The van der Waals surface area contributed by atoms with E-state index in [1.165, 1.54) is 19.8 Å². The van der Waals surface area contributed by atoms with Crippen molar-refractivity contribution < 1.29 is 9.90 Å². The molecule has 0 saturated heterocycles. The highest BCUT2D eigenvalue weighted by molar-refractivity contribution is 7.27. The fraction of sp³-hybridized carbons (Fsp3) is 0.0500. The molecule has 0 spiro atoms. The second kappa shape index (κ2) is 5.89. The first-order valence-corrected chi connectivity index (χ1v) is 9.18. The van der Waals surface area contributed by atoms with Crippen molar-refractivity contribution in [1.82, 2.24) is 0 Å². The molecule has 0 atom stereocenters. The number of benzene rings is 2. The van der Waals surface area contributed by atoms with E-state index in [2.05, 4.69) is 42.5 Å². The van der Waals surface area contributed by atoms with Gasteiger partial charge in [0.1, 0.15) is 0 Å². The van der Waals surface area contributed by atoms with Crippen LogP contribution in [0.15, 0.2) is 60.7 Å². The van der Waals surface area contributed by atoms with E-state index >= 15 is 0 Å². The lowest BCUT2D eigenvalue weighted by molar-refractivity contribution is 0.0696. The fourth-order valence-corrected chi connectivity index (χ4v) is 4.88. The summed E-state index contributed by atoms with van der Waals surface area (Å²) in [4.78, 5) is 14.9. The number of rotatable bonds is 3. The van der Waals surface area contributed by atoms with Crippen molar-refractivity contribution in [2.24, 2.45) is 0 Å². The van der Waals surface area contributed by atoms with Crippen LogP contribution in [0.2, 0.25) is 0 Å². The van der Waals surface area contributed by atoms with Gasteiger partial charge in [-0.05, 0) is 53.8 Å². The van der Waals surface area contributed by atoms with Crippen molar-refractivity contribution in [3.63, 3.8) is 0 Å². The Kier molecular flexibility index (Phi) is 3.71. The van der Waals surface area contributed by atoms with E-state index < -0.39 is 5.97 Å². The number of fused-ring (bicyclic) bond motifs is 1. The number of hydrogen-bond donors (Lipinski definition) is 1. The third-order valence-corrected chi connectivity index (χ3v) is 6.47. The van der Waals surface area contributed by atoms with Gasteiger partial charge in [0, 0.05) is 19.3 Å². The minimum absolute atomic E-state index is 0.365. The number of carboxylic acid groups (broad SMARTS) is 1. The van der Waals surface area contributed by atoms with Crippen LogP contribution in [-0.2, 0) is 0 Å². The monoisotopic (exact) mass is 350 g/mol. The summed E-state index contributed by atoms with van der Waals surface area (Å²) in [5.41, 5.74) is 2.10. The average Bonchev–Trinajstić information content (AvgIpc) is 3.21. The molecule has 24 heavy (non-hydrogen) atoms. The van der Waals surface area contributed by atoms with Crippen molar-refractivity contribution in [1.29, 1.82) is 0 Å². The quantitative estimate of drug-likeness (QED) is 0.470. The molecule has 0 aliphatic rings. The fourth-order valence-electron chi connectivity index (χ4n) is 2.73. The van der Waals surface area contributed by atoms with Crippen LogP contribution in [0.4, 0.5) is 0 Å². The molecule has 2 nitrogen and oxygen atoms in total. The number of aromatic carboxylic acids is 1. The molecule has 0 radical (unpaired) electrons. The molecule has 0 amide bonds. The largest absolute Gasteiger partial charge is 0.478 e. The molecule has 0 unspecified atom stereocenters. The van der Waals surface area contributed by atoms with E-state index in [1.54, 1.807) is 28.7 Å². The van der Waals surface area contributed by atoms with Crippen molar-refractivity contribution in [3.8, 4) is 20.2 Å². The second-order valence-corrected chi connectivity index (χ2v) is 7.81. The van der Waals surface area contributed by atoms with Crippen LogP contribution in [0.3, 0.4) is 0 Å². The van der Waals surface area contributed by atoms with Crippen LogP contribution in [0, 0.1) is 6.92 Å². The highest BCUT2D eigenvalue weighted by Crippen LogP contribution is 2.40. The Hall–Kier alpha value is -2.43. The molecule has 4 heteroatoms. The van der Waals surface area contributed by atoms with E-state index in [0.717, 1.165) is 16.0 Å². The first-order chi connectivity index (χ1) is 11.6. The lowest BCUT2D eigenvalue weighted by atomic mass is 10.0. The van der Waals surface area contributed by atoms with Crippen molar-refractivity contribution in [2.75, 3.05) is 0 Å². The summed E-state index contributed by atoms with van der Waals surface area (Å²) in [6, 6.07) is 20.4. The molecule has 2 aromatic carbocycles. The molecule has 0 fully saturated rings. The third kappa shape index (κ3) is 2.64. The molecular weight excluding hydrogens is 336 g/mol. The molecule has 4 rings (SSSR count). The second-order valence-electron chi connectivity index (χ2n) is 5.65. The summed E-state index contributed by atoms with van der Waals surface area (Å²) in [5.74, 6) is -0.879. The Morgan fingerprint density at radius 3 is 2.46 bits per heavy atom. The molecule has 118 valence electrons. The molecular formula is C20H14O2S2. The summed E-state index contributed by atoms with van der Waals surface area (Å²) in [7, 11) is 0. The summed E-state index contributed by atoms with van der Waals surface area (Å²) in [6.07, 6.45) is 0. The predicted octanol–water partition coefficient (Wildman–Crippen LogP) is 6.30. The van der Waals surface area contributed by atoms with Crippen LogP contribution in [-0.4, -0.2) is 11.1 Å². The van der Waals surface area contributed by atoms with Crippen LogP contribution in [0.1, 0.15) is 15.9 Å². The zero-order chi connectivity index (χ0) is 16.7. The lowest BCUT2D eigenvalue weighted by Gasteiger charge is -2.03. The van der Waals surface area contributed by atoms with Crippen molar-refractivity contribution in [2.45, 2.75) is 6.92 Å². The van der Waals surface area contributed by atoms with Gasteiger partial charge in [-0.1, -0.05) is 30.3 Å². The molecule has 0 saturated carbocycles. The number of carboxylic acids is 1. The molecule has 4 aromatic rings. The summed E-state index contributed by atoms with van der Waals surface area (Å²) >= 11 is 3.48. The number of thiophene rings is 2. The van der Waals surface area contributed by atoms with Gasteiger partial charge in [-0.2, -0.15) is 0 Å². The molecule has 2 heterocycles. The van der Waals surface area contributed by atoms with Crippen molar-refractivity contribution >= 4 is 38.7 Å². The average molecular weight is 350 g/mol. The molecule has 0 bridgehead atoms. The van der Waals surface area contributed by atoms with Gasteiger partial charge in [0.2, 0.25) is 0 Å². The summed E-state index contributed by atoms with van der Waals surface area (Å²) in [5, 5.41) is 10.6. The van der Waals surface area contributed by atoms with Gasteiger partial charge in [-0.15, -0.1) is 22.7 Å². The Labute approximate surface area is 147 Å². The van der Waals surface area contributed by atoms with Crippen LogP contribution in [0.25, 0.3) is 30.3 Å². The molecule has 0 aliphatic carbocycles. The Bertz CT molecular complexity index is 1020. The van der Waals surface area contributed by atoms with E-state index in [9.17, 15) is 9.90 Å². The van der Waals surface area contributed by atoms with E-state index in [1.807, 2.05) is 19.1 Å². The molecule has 0 aliphatic heterocycles. The maximum absolute atomic E-state index is 11.3. The van der Waals surface area contributed by atoms with E-state index in [4.69, 9.17) is 0 Å². The predicted molar refractivity (Wildman–Crippen MR) is 102 cm³/mol. The van der Waals surface area contributed by atoms with Gasteiger partial charge in [-0.25, -0.2) is 4.79 Å². The number of carbonyl (C=O) groups is 1. The van der Waals surface area contributed by atoms with Crippen molar-refractivity contribution in [3.05, 3.63) is 71.8 Å². The number of aryl methyl sites for hydroxylation is 1. The number of hydrogen-bond acceptors (Lipinski definition) is 3. The Morgan fingerprint density at radius 1 is 0.875 bits per heavy atom. The van der Waals surface area contributed by atoms with E-state index in [0.29, 0.717) is 5.56 Å². The van der Waals surface area contributed by atoms with Gasteiger partial charge >= 0.3 is 5.97 Å². The Morgan fingerprint density at radius 2 is 1.67 bits per heavy atom. The first-order valence-electron chi connectivity index (χ1n) is 7.55. The SMILES string of the molecule is Cc1ccc(-c2ccc(-c3cc4ccccc4s3)s2)cc1C(=O)O. The lowest BCUT2D eigenvalue weighted by Crippen LogP contribution is -1.99. The van der Waals surface area contributed by atoms with Crippen LogP contribution < -0.4 is 0 Å². The van der Waals surface area contributed by atoms with Crippen LogP contribution >= 0.6 is 22.7 Å². The standard InChI is InChI=1S/C20H14O2S2/c1-12-6-7-14(10-15(12)20(21)22)17-8-9-18(23-17)19-11-13-4-2-3-5-16(13)24-19/h2-11H,1H3,(H,21,22). The smallest absolute Gasteiger partial charge is 0.335 e. The maximum Gasteiger partial charge on any atom is 0.335 e. The van der Waals surface area contributed by atoms with Gasteiger partial charge in [0.15, 0.2) is 0 Å². The van der Waals surface area contributed by atoms with Gasteiger partial charge in [-0.3, -0.25) is 0 Å². The maximum atomic E-state index is 11.3. The summed E-state index contributed by atoms with van der Waals surface area (Å²) < 4.78 is 1.28. The van der Waals surface area contributed by atoms with Gasteiger partial charge in [0.25, 0.3) is 0 Å². The first kappa shape index (κ1) is 15.1. The highest BCUT2D eigenvalue weighted by Gasteiger charge is 2.12. The molecule has 2 aromatic heterocycles. The zero-order valence-electron chi connectivity index (χ0n) is 12.9. The van der Waals surface area contributed by atoms with Crippen LogP contribution in [0.5, 0.6) is 0 Å². The Balaban J connectivity index is 1.75. The molecule has 1 N–H and O–H groups in total. The zero-order valence-corrected chi connectivity index (χ0v) is 14.6. The minimum Gasteiger partial charge on any atom is -0.478 e. The van der Waals surface area contributed by atoms with Gasteiger partial charge in [0.05, 0.1) is 5.56 Å². The highest BCUT2D eigenvalue weighted by atomic mass is 32.1. The van der Waals surface area contributed by atoms with E-state index in [-0.39, 0.29) is 0 Å². The normalized spacial score (nSPS) is 11.0. The van der Waals surface area contributed by atoms with Gasteiger partial charge < -0.3 is 5.11 Å². The summed E-state index contributed by atoms with van der Waals surface area (Å²) in [6.45, 7) is 1.82.